The Hall–Kier alpha value is -1.10. The van der Waals surface area contributed by atoms with Crippen molar-refractivity contribution in [3.63, 3.8) is 0 Å². The van der Waals surface area contributed by atoms with Crippen LogP contribution >= 0.6 is 0 Å². The molecule has 1 N–H and O–H groups in total. The molecule has 0 aliphatic heterocycles. The van der Waals surface area contributed by atoms with E-state index in [1.165, 1.54) is 11.7 Å². The van der Waals surface area contributed by atoms with E-state index in [9.17, 15) is 61.5 Å². The van der Waals surface area contributed by atoms with E-state index in [2.05, 4.69) is 0 Å². The first-order valence-electron chi connectivity index (χ1n) is 5.04. The van der Waals surface area contributed by atoms with Crippen molar-refractivity contribution in [2.45, 2.75) is 42.4 Å². The van der Waals surface area contributed by atoms with Crippen LogP contribution in [0.1, 0.15) is 0 Å². The van der Waals surface area contributed by atoms with Crippen LogP contribution in [-0.2, 0) is 9.47 Å². The maximum absolute atomic E-state index is 13.3. The summed E-state index contributed by atoms with van der Waals surface area (Å²) in [5, 5.41) is 7.98. The normalized spacial score (nSPS) is 20.2. The predicted octanol–water partition coefficient (Wildman–Crippen LogP) is 4.08. The summed E-state index contributed by atoms with van der Waals surface area (Å²) in [7, 11) is 0. The third-order valence-corrected chi connectivity index (χ3v) is 2.01. The summed E-state index contributed by atoms with van der Waals surface area (Å²) in [6, 6.07) is -5.13. The molecule has 25 heavy (non-hydrogen) atoms. The van der Waals surface area contributed by atoms with Gasteiger partial charge >= 0.3 is 42.4 Å². The minimum Gasteiger partial charge on any atom is -0.340 e. The van der Waals surface area contributed by atoms with Crippen molar-refractivity contribution < 1.29 is 76.0 Å². The second-order valence-electron chi connectivity index (χ2n) is 4.09. The lowest BCUT2D eigenvalue weighted by atomic mass is 10.2. The summed E-state index contributed by atoms with van der Waals surface area (Å²) in [6.07, 6.45) is -29.6. The smallest absolute Gasteiger partial charge is 0.340 e. The monoisotopic (exact) mass is 413 g/mol. The fourth-order valence-electron chi connectivity index (χ4n) is 0.950. The van der Waals surface area contributed by atoms with Crippen molar-refractivity contribution in [2.75, 3.05) is 0 Å². The Morgan fingerprint density at radius 2 is 0.920 bits per heavy atom. The highest BCUT2D eigenvalue weighted by Gasteiger charge is 2.84. The van der Waals surface area contributed by atoms with E-state index in [0.29, 0.717) is 0 Å². The van der Waals surface area contributed by atoms with Crippen LogP contribution in [0.5, 0.6) is 0 Å². The zero-order valence-electron chi connectivity index (χ0n) is 10.8. The Bertz CT molecular complexity index is 474. The van der Waals surface area contributed by atoms with Crippen molar-refractivity contribution in [3.05, 3.63) is 6.92 Å². The summed E-state index contributed by atoms with van der Waals surface area (Å²) >= 11 is 0. The molecule has 1 radical (unpaired) electrons. The van der Waals surface area contributed by atoms with Crippen LogP contribution in [0.15, 0.2) is 0 Å². The van der Waals surface area contributed by atoms with Gasteiger partial charge in [0.15, 0.2) is 0 Å². The quantitative estimate of drug-likeness (QED) is 0.527. The summed E-state index contributed by atoms with van der Waals surface area (Å²) in [5.74, 6) is -15.1. The van der Waals surface area contributed by atoms with Crippen LogP contribution in [-0.4, -0.2) is 47.5 Å². The number of hydrogen-bond acceptors (Lipinski definition) is 3. The molecule has 0 fully saturated rings. The van der Waals surface area contributed by atoms with Gasteiger partial charge in [0.1, 0.15) is 0 Å². The Morgan fingerprint density at radius 3 is 1.16 bits per heavy atom. The molecule has 0 bridgehead atoms. The average Bonchev–Trinajstić information content (AvgIpc) is 2.20. The van der Waals surface area contributed by atoms with Crippen LogP contribution in [0.3, 0.4) is 0 Å². The topological polar surface area (TPSA) is 38.7 Å². The number of ether oxygens (including phenoxy) is 2. The minimum atomic E-state index is -7.60. The van der Waals surface area contributed by atoms with Gasteiger partial charge in [-0.2, -0.15) is 61.5 Å². The minimum absolute atomic E-state index is 1.42. The van der Waals surface area contributed by atoms with Gasteiger partial charge in [0.25, 0.3) is 0 Å². The number of aliphatic hydroxyl groups is 1. The van der Waals surface area contributed by atoms with E-state index >= 15 is 0 Å². The first-order valence-corrected chi connectivity index (χ1v) is 5.04. The molecule has 0 aromatic heterocycles. The molecule has 0 aliphatic rings. The second kappa shape index (κ2) is 5.97. The lowest BCUT2D eigenvalue weighted by Crippen LogP contribution is -2.66. The SMILES string of the molecule is [CH2]C(O)(F)OC(F)(F)C(F)(OC(F)(F)C(F)(F)C(F)(F)F)C(F)(F)F. The highest BCUT2D eigenvalue weighted by atomic mass is 19.4. The maximum Gasteiger partial charge on any atom is 0.462 e. The fourth-order valence-corrected chi connectivity index (χ4v) is 0.950. The molecule has 0 aliphatic carbocycles. The molecule has 0 saturated heterocycles. The van der Waals surface area contributed by atoms with Gasteiger partial charge in [0.05, 0.1) is 0 Å². The van der Waals surface area contributed by atoms with Gasteiger partial charge in [-0.15, -0.1) is 0 Å². The van der Waals surface area contributed by atoms with Crippen LogP contribution in [0.2, 0.25) is 0 Å². The predicted molar refractivity (Wildman–Crippen MR) is 44.4 cm³/mol. The van der Waals surface area contributed by atoms with E-state index in [1.54, 1.807) is 0 Å². The van der Waals surface area contributed by atoms with Crippen molar-refractivity contribution in [3.8, 4) is 0 Å². The van der Waals surface area contributed by atoms with Crippen molar-refractivity contribution in [1.82, 2.24) is 0 Å². The number of halogens is 14. The zero-order chi connectivity index (χ0) is 20.9. The van der Waals surface area contributed by atoms with Crippen LogP contribution in [0, 0.1) is 6.92 Å². The summed E-state index contributed by atoms with van der Waals surface area (Å²) < 4.78 is 177. The van der Waals surface area contributed by atoms with E-state index in [4.69, 9.17) is 5.11 Å². The van der Waals surface area contributed by atoms with Gasteiger partial charge in [0, 0.05) is 6.92 Å². The molecule has 0 aromatic carbocycles. The molecule has 17 heteroatoms. The van der Waals surface area contributed by atoms with E-state index < -0.39 is 42.4 Å². The average molecular weight is 413 g/mol. The number of rotatable bonds is 6. The summed E-state index contributed by atoms with van der Waals surface area (Å²) in [6.45, 7) is 1.52. The van der Waals surface area contributed by atoms with E-state index in [0.717, 1.165) is 0 Å². The molecular weight excluding hydrogens is 410 g/mol. The van der Waals surface area contributed by atoms with Gasteiger partial charge in [-0.1, -0.05) is 0 Å². The third-order valence-electron chi connectivity index (χ3n) is 2.01. The Morgan fingerprint density at radius 1 is 0.560 bits per heavy atom. The zero-order valence-corrected chi connectivity index (χ0v) is 10.8. The third kappa shape index (κ3) is 4.55. The van der Waals surface area contributed by atoms with Gasteiger partial charge in [-0.05, 0) is 0 Å². The van der Waals surface area contributed by atoms with Crippen LogP contribution in [0.4, 0.5) is 61.5 Å². The van der Waals surface area contributed by atoms with Crippen molar-refractivity contribution >= 4 is 0 Å². The lowest BCUT2D eigenvalue weighted by molar-refractivity contribution is -0.550. The molecule has 0 rings (SSSR count). The molecule has 2 unspecified atom stereocenters. The first kappa shape index (κ1) is 23.9. The highest BCUT2D eigenvalue weighted by Crippen LogP contribution is 2.55. The number of alkyl halides is 14. The Labute approximate surface area is 127 Å². The van der Waals surface area contributed by atoms with Crippen LogP contribution in [0.25, 0.3) is 0 Å². The summed E-state index contributed by atoms with van der Waals surface area (Å²) in [4.78, 5) is 0. The molecule has 0 aromatic rings. The Balaban J connectivity index is 6.20. The second-order valence-corrected chi connectivity index (χ2v) is 4.09. The van der Waals surface area contributed by atoms with Gasteiger partial charge in [0.2, 0.25) is 0 Å². The molecule has 0 heterocycles. The van der Waals surface area contributed by atoms with Crippen LogP contribution < -0.4 is 0 Å². The molecule has 3 nitrogen and oxygen atoms in total. The largest absolute Gasteiger partial charge is 0.462 e. The highest BCUT2D eigenvalue weighted by molar-refractivity contribution is 4.93. The maximum atomic E-state index is 13.3. The fraction of sp³-hybridized carbons (Fsp3) is 0.875. The van der Waals surface area contributed by atoms with Crippen molar-refractivity contribution in [1.29, 1.82) is 0 Å². The number of hydrogen-bond donors (Lipinski definition) is 1. The van der Waals surface area contributed by atoms with Gasteiger partial charge < -0.3 is 5.11 Å². The lowest BCUT2D eigenvalue weighted by Gasteiger charge is -2.38. The molecular formula is C8H3F14O3. The summed E-state index contributed by atoms with van der Waals surface area (Å²) in [5.41, 5.74) is 0. The van der Waals surface area contributed by atoms with E-state index in [1.807, 2.05) is 4.74 Å². The van der Waals surface area contributed by atoms with E-state index in [-0.39, 0.29) is 0 Å². The van der Waals surface area contributed by atoms with Gasteiger partial charge in [-0.3, -0.25) is 9.47 Å². The van der Waals surface area contributed by atoms with Gasteiger partial charge in [-0.25, -0.2) is 0 Å². The molecule has 151 valence electrons. The first-order chi connectivity index (χ1) is 10.4. The Kier molecular flexibility index (Phi) is 5.71. The molecule has 0 amide bonds. The van der Waals surface area contributed by atoms with Crippen molar-refractivity contribution in [2.24, 2.45) is 0 Å². The molecule has 0 spiro atoms. The standard InChI is InChI=1S/C8H3F14O3/c1-2(9,23)24-8(21,22)4(12,6(16,17)18)25-7(19,20)3(10,11)5(13,14)15/h23H,1H2. The molecule has 2 atom stereocenters. The molecule has 0 saturated carbocycles.